The van der Waals surface area contributed by atoms with Gasteiger partial charge in [-0.05, 0) is 49.3 Å². The van der Waals surface area contributed by atoms with Crippen LogP contribution < -0.4 is 10.1 Å². The van der Waals surface area contributed by atoms with Crippen molar-refractivity contribution in [1.29, 1.82) is 0 Å². The van der Waals surface area contributed by atoms with Crippen LogP contribution in [0.3, 0.4) is 0 Å². The molecule has 1 aromatic rings. The minimum absolute atomic E-state index is 0.217. The molecule has 0 bridgehead atoms. The first-order valence-corrected chi connectivity index (χ1v) is 8.15. The van der Waals surface area contributed by atoms with E-state index in [2.05, 4.69) is 16.4 Å². The Morgan fingerprint density at radius 3 is 2.95 bits per heavy atom. The topological polar surface area (TPSA) is 54.5 Å². The van der Waals surface area contributed by atoms with E-state index in [-0.39, 0.29) is 5.91 Å². The maximum absolute atomic E-state index is 11.6. The number of pyridine rings is 1. The number of amides is 1. The second kappa shape index (κ2) is 6.65. The highest BCUT2D eigenvalue weighted by molar-refractivity contribution is 5.75. The van der Waals surface area contributed by atoms with Gasteiger partial charge in [-0.1, -0.05) is 0 Å². The Balaban J connectivity index is 1.47. The molecule has 0 aromatic carbocycles. The van der Waals surface area contributed by atoms with E-state index in [4.69, 9.17) is 4.74 Å². The summed E-state index contributed by atoms with van der Waals surface area (Å²) < 4.78 is 5.81. The quantitative estimate of drug-likeness (QED) is 0.834. The van der Waals surface area contributed by atoms with Crippen LogP contribution in [0.25, 0.3) is 0 Å². The lowest BCUT2D eigenvalue weighted by Gasteiger charge is -2.27. The molecular formula is C17H25N3O2. The van der Waals surface area contributed by atoms with Crippen LogP contribution in [-0.4, -0.2) is 49.1 Å². The first-order valence-electron chi connectivity index (χ1n) is 8.15. The van der Waals surface area contributed by atoms with E-state index in [1.165, 1.54) is 12.0 Å². The summed E-state index contributed by atoms with van der Waals surface area (Å²) in [4.78, 5) is 17.6. The molecular weight excluding hydrogens is 278 g/mol. The molecule has 2 fully saturated rings. The van der Waals surface area contributed by atoms with Crippen LogP contribution in [-0.2, 0) is 4.79 Å². The molecule has 2 heterocycles. The van der Waals surface area contributed by atoms with Gasteiger partial charge >= 0.3 is 0 Å². The van der Waals surface area contributed by atoms with Gasteiger partial charge in [-0.15, -0.1) is 0 Å². The van der Waals surface area contributed by atoms with E-state index in [9.17, 15) is 4.79 Å². The Morgan fingerprint density at radius 1 is 1.45 bits per heavy atom. The highest BCUT2D eigenvalue weighted by Crippen LogP contribution is 2.50. The summed E-state index contributed by atoms with van der Waals surface area (Å²) >= 11 is 0. The van der Waals surface area contributed by atoms with Gasteiger partial charge in [-0.3, -0.25) is 9.78 Å². The van der Waals surface area contributed by atoms with Crippen LogP contribution >= 0.6 is 0 Å². The summed E-state index contributed by atoms with van der Waals surface area (Å²) in [5.41, 5.74) is 1.25. The standard InChI is InChI=1S/C17H25N3O2/c1-20(2)17(21)4-3-12-8-16(12)13-7-15(10-18-9-13)22-11-14-5-6-19-14/h7,9-10,12,14,16,19H,3-6,8,11H2,1-2H3. The Kier molecular flexibility index (Phi) is 4.62. The number of ether oxygens (including phenoxy) is 1. The molecule has 1 saturated carbocycles. The van der Waals surface area contributed by atoms with Crippen molar-refractivity contribution >= 4 is 5.91 Å². The van der Waals surface area contributed by atoms with Gasteiger partial charge in [-0.2, -0.15) is 0 Å². The highest BCUT2D eigenvalue weighted by Gasteiger charge is 2.38. The lowest BCUT2D eigenvalue weighted by atomic mass is 10.1. The molecule has 0 radical (unpaired) electrons. The van der Waals surface area contributed by atoms with Crippen molar-refractivity contribution in [2.75, 3.05) is 27.2 Å². The van der Waals surface area contributed by atoms with Crippen molar-refractivity contribution in [3.63, 3.8) is 0 Å². The average Bonchev–Trinajstić information content (AvgIpc) is 3.23. The van der Waals surface area contributed by atoms with E-state index >= 15 is 0 Å². The van der Waals surface area contributed by atoms with Gasteiger partial charge < -0.3 is 15.0 Å². The Labute approximate surface area is 132 Å². The van der Waals surface area contributed by atoms with Crippen molar-refractivity contribution in [2.45, 2.75) is 37.6 Å². The fraction of sp³-hybridized carbons (Fsp3) is 0.647. The number of hydrogen-bond acceptors (Lipinski definition) is 4. The molecule has 1 aliphatic heterocycles. The first kappa shape index (κ1) is 15.3. The van der Waals surface area contributed by atoms with Crippen LogP contribution in [0.2, 0.25) is 0 Å². The third-order valence-electron chi connectivity index (χ3n) is 4.69. The maximum atomic E-state index is 11.6. The summed E-state index contributed by atoms with van der Waals surface area (Å²) in [5.74, 6) is 2.25. The summed E-state index contributed by atoms with van der Waals surface area (Å²) in [6, 6.07) is 2.61. The molecule has 22 heavy (non-hydrogen) atoms. The molecule has 3 atom stereocenters. The predicted octanol–water partition coefficient (Wildman–Crippen LogP) is 1.79. The van der Waals surface area contributed by atoms with Gasteiger partial charge in [0.25, 0.3) is 0 Å². The molecule has 3 rings (SSSR count). The van der Waals surface area contributed by atoms with Crippen LogP contribution in [0.15, 0.2) is 18.5 Å². The van der Waals surface area contributed by atoms with Crippen molar-refractivity contribution in [3.05, 3.63) is 24.0 Å². The number of rotatable bonds is 7. The van der Waals surface area contributed by atoms with Crippen molar-refractivity contribution in [3.8, 4) is 5.75 Å². The SMILES string of the molecule is CN(C)C(=O)CCC1CC1c1cncc(OCC2CCN2)c1. The summed E-state index contributed by atoms with van der Waals surface area (Å²) in [7, 11) is 3.63. The van der Waals surface area contributed by atoms with E-state index < -0.39 is 0 Å². The number of nitrogens with one attached hydrogen (secondary N) is 1. The third kappa shape index (κ3) is 3.77. The minimum atomic E-state index is 0.217. The second-order valence-electron chi connectivity index (χ2n) is 6.63. The zero-order chi connectivity index (χ0) is 15.5. The number of carbonyl (C=O) groups is 1. The van der Waals surface area contributed by atoms with E-state index in [0.29, 0.717) is 24.3 Å². The van der Waals surface area contributed by atoms with Gasteiger partial charge in [0.15, 0.2) is 0 Å². The second-order valence-corrected chi connectivity index (χ2v) is 6.63. The first-order chi connectivity index (χ1) is 10.6. The number of aromatic nitrogens is 1. The summed E-state index contributed by atoms with van der Waals surface area (Å²) in [5, 5.41) is 3.33. The van der Waals surface area contributed by atoms with Gasteiger partial charge in [0.05, 0.1) is 6.20 Å². The normalized spacial score (nSPS) is 26.2. The molecule has 5 heteroatoms. The molecule has 1 saturated heterocycles. The molecule has 2 aliphatic rings. The predicted molar refractivity (Wildman–Crippen MR) is 84.9 cm³/mol. The Bertz CT molecular complexity index is 528. The molecule has 1 aliphatic carbocycles. The number of carbonyl (C=O) groups excluding carboxylic acids is 1. The number of hydrogen-bond donors (Lipinski definition) is 1. The largest absolute Gasteiger partial charge is 0.490 e. The van der Waals surface area contributed by atoms with Crippen molar-refractivity contribution in [2.24, 2.45) is 5.92 Å². The zero-order valence-electron chi connectivity index (χ0n) is 13.4. The third-order valence-corrected chi connectivity index (χ3v) is 4.69. The van der Waals surface area contributed by atoms with Crippen molar-refractivity contribution in [1.82, 2.24) is 15.2 Å². The lowest BCUT2D eigenvalue weighted by molar-refractivity contribution is -0.128. The summed E-state index contributed by atoms with van der Waals surface area (Å²) in [6.45, 7) is 1.82. The molecule has 5 nitrogen and oxygen atoms in total. The smallest absolute Gasteiger partial charge is 0.222 e. The van der Waals surface area contributed by atoms with Gasteiger partial charge in [0.1, 0.15) is 12.4 Å². The summed E-state index contributed by atoms with van der Waals surface area (Å²) in [6.07, 6.45) is 7.69. The molecule has 1 amide bonds. The lowest BCUT2D eigenvalue weighted by Crippen LogP contribution is -2.46. The van der Waals surface area contributed by atoms with Crippen LogP contribution in [0.1, 0.15) is 37.2 Å². The zero-order valence-corrected chi connectivity index (χ0v) is 13.4. The van der Waals surface area contributed by atoms with Crippen LogP contribution in [0, 0.1) is 5.92 Å². The fourth-order valence-corrected chi connectivity index (χ4v) is 2.91. The Hall–Kier alpha value is -1.62. The average molecular weight is 303 g/mol. The molecule has 3 unspecified atom stereocenters. The van der Waals surface area contributed by atoms with Gasteiger partial charge in [0, 0.05) is 32.8 Å². The molecule has 1 N–H and O–H groups in total. The van der Waals surface area contributed by atoms with E-state index in [1.54, 1.807) is 11.1 Å². The number of nitrogens with zero attached hydrogens (tertiary/aromatic N) is 2. The van der Waals surface area contributed by atoms with Crippen LogP contribution in [0.4, 0.5) is 0 Å². The molecule has 1 aromatic heterocycles. The molecule has 0 spiro atoms. The molecule has 120 valence electrons. The maximum Gasteiger partial charge on any atom is 0.222 e. The monoisotopic (exact) mass is 303 g/mol. The Morgan fingerprint density at radius 2 is 2.27 bits per heavy atom. The fourth-order valence-electron chi connectivity index (χ4n) is 2.91. The van der Waals surface area contributed by atoms with E-state index in [0.717, 1.165) is 31.7 Å². The van der Waals surface area contributed by atoms with Crippen LogP contribution in [0.5, 0.6) is 5.75 Å². The van der Waals surface area contributed by atoms with Gasteiger partial charge in [-0.25, -0.2) is 0 Å². The highest BCUT2D eigenvalue weighted by atomic mass is 16.5. The van der Waals surface area contributed by atoms with Gasteiger partial charge in [0.2, 0.25) is 5.91 Å². The van der Waals surface area contributed by atoms with Crippen molar-refractivity contribution < 1.29 is 9.53 Å². The minimum Gasteiger partial charge on any atom is -0.490 e. The van der Waals surface area contributed by atoms with E-state index in [1.807, 2.05) is 20.3 Å².